The largest absolute Gasteiger partial charge is 0.493 e. The van der Waals surface area contributed by atoms with E-state index >= 15 is 0 Å². The third kappa shape index (κ3) is 5.72. The Balaban J connectivity index is 1.52. The number of rotatable bonds is 8. The van der Waals surface area contributed by atoms with Gasteiger partial charge in [0.2, 0.25) is 0 Å². The molecular formula is C27H22ClNO6S. The second kappa shape index (κ2) is 11.3. The highest BCUT2D eigenvalue weighted by Gasteiger charge is 2.35. The number of aryl methyl sites for hydroxylation is 1. The molecular weight excluding hydrogens is 502 g/mol. The summed E-state index contributed by atoms with van der Waals surface area (Å²) in [5.41, 5.74) is 1.69. The molecule has 2 amide bonds. The number of imide groups is 1. The van der Waals surface area contributed by atoms with Gasteiger partial charge in [-0.15, -0.1) is 0 Å². The zero-order chi connectivity index (χ0) is 25.7. The van der Waals surface area contributed by atoms with E-state index in [1.807, 2.05) is 31.2 Å². The van der Waals surface area contributed by atoms with Crippen LogP contribution in [0.3, 0.4) is 0 Å². The van der Waals surface area contributed by atoms with Gasteiger partial charge in [-0.25, -0.2) is 4.79 Å². The summed E-state index contributed by atoms with van der Waals surface area (Å²) in [7, 11) is 1.44. The summed E-state index contributed by atoms with van der Waals surface area (Å²) >= 11 is 6.94. The third-order valence-electron chi connectivity index (χ3n) is 5.28. The lowest BCUT2D eigenvalue weighted by Gasteiger charge is -2.14. The fourth-order valence-electron chi connectivity index (χ4n) is 3.41. The first-order valence-corrected chi connectivity index (χ1v) is 12.2. The Morgan fingerprint density at radius 1 is 1.03 bits per heavy atom. The first-order chi connectivity index (χ1) is 17.4. The number of thioether (sulfide) groups is 1. The summed E-state index contributed by atoms with van der Waals surface area (Å²) in [6.07, 6.45) is 1.50. The number of halogens is 1. The first-order valence-electron chi connectivity index (χ1n) is 11.0. The number of methoxy groups -OCH3 is 1. The van der Waals surface area contributed by atoms with E-state index in [0.717, 1.165) is 22.2 Å². The molecule has 0 unspecified atom stereocenters. The summed E-state index contributed by atoms with van der Waals surface area (Å²) in [4.78, 5) is 39.6. The summed E-state index contributed by atoms with van der Waals surface area (Å²) < 4.78 is 16.6. The number of amides is 2. The smallest absolute Gasteiger partial charge is 0.345 e. The molecule has 0 N–H and O–H groups in total. The quantitative estimate of drug-likeness (QED) is 0.204. The third-order valence-corrected chi connectivity index (χ3v) is 6.52. The molecule has 7 nitrogen and oxygen atoms in total. The zero-order valence-corrected chi connectivity index (χ0v) is 21.1. The minimum atomic E-state index is -0.680. The number of esters is 1. The molecule has 0 atom stereocenters. The Kier molecular flexibility index (Phi) is 7.97. The zero-order valence-electron chi connectivity index (χ0n) is 19.5. The molecule has 3 aromatic rings. The van der Waals surface area contributed by atoms with E-state index < -0.39 is 17.1 Å². The minimum Gasteiger partial charge on any atom is -0.493 e. The maximum Gasteiger partial charge on any atom is 0.345 e. The lowest BCUT2D eigenvalue weighted by atomic mass is 10.1. The molecule has 1 fully saturated rings. The Morgan fingerprint density at radius 2 is 1.78 bits per heavy atom. The second-order valence-electron chi connectivity index (χ2n) is 7.74. The van der Waals surface area contributed by atoms with Crippen molar-refractivity contribution in [2.75, 3.05) is 20.3 Å². The van der Waals surface area contributed by atoms with Crippen molar-refractivity contribution in [2.24, 2.45) is 0 Å². The van der Waals surface area contributed by atoms with Crippen molar-refractivity contribution in [2.45, 2.75) is 6.92 Å². The topological polar surface area (TPSA) is 82.1 Å². The van der Waals surface area contributed by atoms with Gasteiger partial charge in [-0.2, -0.15) is 0 Å². The molecule has 9 heteroatoms. The predicted octanol–water partition coefficient (Wildman–Crippen LogP) is 5.99. The number of carbonyl (C=O) groups excluding carboxylic acids is 3. The van der Waals surface area contributed by atoms with Crippen molar-refractivity contribution in [3.05, 3.63) is 93.3 Å². The molecule has 1 aliphatic heterocycles. The summed E-state index contributed by atoms with van der Waals surface area (Å²) in [5.74, 6) is -0.0800. The second-order valence-corrected chi connectivity index (χ2v) is 9.14. The van der Waals surface area contributed by atoms with Crippen LogP contribution in [0.5, 0.6) is 17.2 Å². The Morgan fingerprint density at radius 3 is 2.50 bits per heavy atom. The van der Waals surface area contributed by atoms with Crippen LogP contribution in [-0.4, -0.2) is 42.3 Å². The van der Waals surface area contributed by atoms with Crippen molar-refractivity contribution in [1.29, 1.82) is 0 Å². The SMILES string of the molecule is COc1cccc(/C=C2\SC(=O)N(CCOc3ccc(C)cc3)C2=O)c1OC(=O)c1ccccc1Cl. The number of ether oxygens (including phenoxy) is 3. The molecule has 1 saturated heterocycles. The van der Waals surface area contributed by atoms with E-state index in [-0.39, 0.29) is 40.1 Å². The summed E-state index contributed by atoms with van der Waals surface area (Å²) in [6, 6.07) is 19.0. The number of carbonyl (C=O) groups is 3. The standard InChI is InChI=1S/C27H22ClNO6S/c1-17-10-12-19(13-11-17)34-15-14-29-25(30)23(36-27(29)32)16-18-6-5-9-22(33-2)24(18)35-26(31)20-7-3-4-8-21(20)28/h3-13,16H,14-15H2,1-2H3/b23-16-. The molecule has 184 valence electrons. The van der Waals surface area contributed by atoms with E-state index in [2.05, 4.69) is 0 Å². The van der Waals surface area contributed by atoms with Gasteiger partial charge in [-0.05, 0) is 55.1 Å². The maximum absolute atomic E-state index is 13.0. The molecule has 0 spiro atoms. The van der Waals surface area contributed by atoms with Crippen LogP contribution in [0.2, 0.25) is 5.02 Å². The number of para-hydroxylation sites is 1. The van der Waals surface area contributed by atoms with Crippen LogP contribution in [0.1, 0.15) is 21.5 Å². The molecule has 1 heterocycles. The van der Waals surface area contributed by atoms with Crippen molar-refractivity contribution in [3.8, 4) is 17.2 Å². The highest BCUT2D eigenvalue weighted by Crippen LogP contribution is 2.38. The fourth-order valence-corrected chi connectivity index (χ4v) is 4.48. The van der Waals surface area contributed by atoms with E-state index in [4.69, 9.17) is 25.8 Å². The van der Waals surface area contributed by atoms with Crippen LogP contribution < -0.4 is 14.2 Å². The van der Waals surface area contributed by atoms with Gasteiger partial charge in [0.25, 0.3) is 11.1 Å². The van der Waals surface area contributed by atoms with E-state index in [0.29, 0.717) is 11.3 Å². The Bertz CT molecular complexity index is 1340. The maximum atomic E-state index is 13.0. The number of hydrogen-bond donors (Lipinski definition) is 0. The van der Waals surface area contributed by atoms with Gasteiger partial charge in [0.15, 0.2) is 11.5 Å². The van der Waals surface area contributed by atoms with Crippen molar-refractivity contribution in [3.63, 3.8) is 0 Å². The van der Waals surface area contributed by atoms with Crippen LogP contribution >= 0.6 is 23.4 Å². The number of benzene rings is 3. The van der Waals surface area contributed by atoms with Crippen LogP contribution in [0.4, 0.5) is 4.79 Å². The Labute approximate surface area is 217 Å². The van der Waals surface area contributed by atoms with Crippen LogP contribution in [0.25, 0.3) is 6.08 Å². The molecule has 1 aliphatic rings. The molecule has 36 heavy (non-hydrogen) atoms. The highest BCUT2D eigenvalue weighted by molar-refractivity contribution is 8.18. The fraction of sp³-hybridized carbons (Fsp3) is 0.148. The van der Waals surface area contributed by atoms with Gasteiger partial charge in [-0.1, -0.05) is 53.6 Å². The van der Waals surface area contributed by atoms with Gasteiger partial charge in [0.05, 0.1) is 29.1 Å². The summed E-state index contributed by atoms with van der Waals surface area (Å²) in [6.45, 7) is 2.23. The molecule has 0 aromatic heterocycles. The van der Waals surface area contributed by atoms with Crippen molar-refractivity contribution >= 4 is 46.6 Å². The Hall–Kier alpha value is -3.75. The average molecular weight is 524 g/mol. The average Bonchev–Trinajstić information content (AvgIpc) is 3.13. The lowest BCUT2D eigenvalue weighted by Crippen LogP contribution is -2.32. The van der Waals surface area contributed by atoms with Crippen molar-refractivity contribution in [1.82, 2.24) is 4.90 Å². The van der Waals surface area contributed by atoms with Crippen LogP contribution in [-0.2, 0) is 4.79 Å². The van der Waals surface area contributed by atoms with Gasteiger partial charge >= 0.3 is 5.97 Å². The monoisotopic (exact) mass is 523 g/mol. The molecule has 0 bridgehead atoms. The van der Waals surface area contributed by atoms with Gasteiger partial charge in [-0.3, -0.25) is 14.5 Å². The van der Waals surface area contributed by atoms with E-state index in [9.17, 15) is 14.4 Å². The van der Waals surface area contributed by atoms with Gasteiger partial charge in [0.1, 0.15) is 12.4 Å². The molecule has 0 aliphatic carbocycles. The predicted molar refractivity (Wildman–Crippen MR) is 139 cm³/mol. The number of nitrogens with zero attached hydrogens (tertiary/aromatic N) is 1. The molecule has 3 aromatic carbocycles. The highest BCUT2D eigenvalue weighted by atomic mass is 35.5. The van der Waals surface area contributed by atoms with Crippen LogP contribution in [0, 0.1) is 6.92 Å². The number of hydrogen-bond acceptors (Lipinski definition) is 7. The van der Waals surface area contributed by atoms with Crippen LogP contribution in [0.15, 0.2) is 71.6 Å². The molecule has 4 rings (SSSR count). The normalized spacial score (nSPS) is 14.3. The van der Waals surface area contributed by atoms with Gasteiger partial charge < -0.3 is 14.2 Å². The van der Waals surface area contributed by atoms with E-state index in [1.165, 1.54) is 13.2 Å². The molecule has 0 saturated carbocycles. The lowest BCUT2D eigenvalue weighted by molar-refractivity contribution is -0.123. The van der Waals surface area contributed by atoms with E-state index in [1.54, 1.807) is 42.5 Å². The minimum absolute atomic E-state index is 0.0995. The first kappa shape index (κ1) is 25.3. The van der Waals surface area contributed by atoms with Crippen molar-refractivity contribution < 1.29 is 28.6 Å². The summed E-state index contributed by atoms with van der Waals surface area (Å²) in [5, 5.41) is -0.163. The van der Waals surface area contributed by atoms with Gasteiger partial charge in [0, 0.05) is 5.56 Å². The molecule has 0 radical (unpaired) electrons.